The Balaban J connectivity index is 3.27. The zero-order chi connectivity index (χ0) is 15.8. The molecule has 0 spiro atoms. The molecule has 0 saturated heterocycles. The quantitative estimate of drug-likeness (QED) is 0.451. The zero-order valence-electron chi connectivity index (χ0n) is 13.7. The molecule has 0 aliphatic rings. The number of hydrogen-bond donors (Lipinski definition) is 3. The number of phenolic OH excluding ortho intramolecular Hbond substituents is 3. The molecule has 0 aromatic heterocycles. The van der Waals surface area contributed by atoms with Gasteiger partial charge in [-0.25, -0.2) is 0 Å². The molecule has 1 aromatic carbocycles. The first-order chi connectivity index (χ1) is 10.1. The molecule has 0 aliphatic heterocycles. The van der Waals surface area contributed by atoms with Crippen molar-refractivity contribution in [1.82, 2.24) is 0 Å². The third-order valence-corrected chi connectivity index (χ3v) is 4.07. The van der Waals surface area contributed by atoms with Crippen molar-refractivity contribution in [2.24, 2.45) is 0 Å². The third-order valence-electron chi connectivity index (χ3n) is 4.07. The number of hydrogen-bond acceptors (Lipinski definition) is 3. The second-order valence-corrected chi connectivity index (χ2v) is 5.79. The summed E-state index contributed by atoms with van der Waals surface area (Å²) in [5.41, 5.74) is 2.09. The molecule has 1 aromatic rings. The van der Waals surface area contributed by atoms with Gasteiger partial charge in [0.1, 0.15) is 5.75 Å². The van der Waals surface area contributed by atoms with Crippen molar-refractivity contribution in [3.8, 4) is 17.2 Å². The van der Waals surface area contributed by atoms with E-state index in [1.54, 1.807) is 0 Å². The average Bonchev–Trinajstić information content (AvgIpc) is 2.48. The van der Waals surface area contributed by atoms with Crippen LogP contribution in [0.1, 0.15) is 76.0 Å². The van der Waals surface area contributed by atoms with Crippen LogP contribution < -0.4 is 0 Å². The van der Waals surface area contributed by atoms with Gasteiger partial charge in [-0.3, -0.25) is 0 Å². The fraction of sp³-hybridized carbons (Fsp3) is 0.667. The predicted octanol–water partition coefficient (Wildman–Crippen LogP) is 4.83. The minimum Gasteiger partial charge on any atom is -0.507 e. The first-order valence-electron chi connectivity index (χ1n) is 8.35. The molecule has 0 radical (unpaired) electrons. The highest BCUT2D eigenvalue weighted by atomic mass is 16.3. The lowest BCUT2D eigenvalue weighted by molar-refractivity contribution is 0.380. The molecule has 3 N–H and O–H groups in total. The Bertz CT molecular complexity index is 453. The normalized spacial score (nSPS) is 11.0. The lowest BCUT2D eigenvalue weighted by Crippen LogP contribution is -2.01. The second kappa shape index (κ2) is 8.81. The Labute approximate surface area is 128 Å². The molecular formula is C18H30O3. The number of aromatic hydroxyl groups is 3. The van der Waals surface area contributed by atoms with Crippen LogP contribution >= 0.6 is 0 Å². The summed E-state index contributed by atoms with van der Waals surface area (Å²) in [6.07, 6.45) is 7.93. The van der Waals surface area contributed by atoms with E-state index in [-0.39, 0.29) is 17.2 Å². The molecule has 0 saturated carbocycles. The van der Waals surface area contributed by atoms with E-state index < -0.39 is 0 Å². The molecule has 21 heavy (non-hydrogen) atoms. The van der Waals surface area contributed by atoms with E-state index in [0.717, 1.165) is 56.1 Å². The maximum atomic E-state index is 10.6. The van der Waals surface area contributed by atoms with Gasteiger partial charge < -0.3 is 15.3 Å². The van der Waals surface area contributed by atoms with Crippen LogP contribution in [0.3, 0.4) is 0 Å². The Morgan fingerprint density at radius 1 is 0.524 bits per heavy atom. The summed E-state index contributed by atoms with van der Waals surface area (Å²) in [4.78, 5) is 0. The molecule has 3 nitrogen and oxygen atoms in total. The highest BCUT2D eigenvalue weighted by Crippen LogP contribution is 2.44. The Morgan fingerprint density at radius 2 is 0.857 bits per heavy atom. The average molecular weight is 294 g/mol. The van der Waals surface area contributed by atoms with Crippen LogP contribution in [-0.2, 0) is 19.3 Å². The molecule has 120 valence electrons. The summed E-state index contributed by atoms with van der Waals surface area (Å²) in [6.45, 7) is 6.28. The van der Waals surface area contributed by atoms with Gasteiger partial charge in [0.15, 0.2) is 11.5 Å². The number of unbranched alkanes of at least 4 members (excludes halogenated alkanes) is 3. The lowest BCUT2D eigenvalue weighted by atomic mass is 9.91. The van der Waals surface area contributed by atoms with Crippen LogP contribution in [0.25, 0.3) is 0 Å². The van der Waals surface area contributed by atoms with Crippen molar-refractivity contribution >= 4 is 0 Å². The van der Waals surface area contributed by atoms with Gasteiger partial charge in [0.05, 0.1) is 0 Å². The predicted molar refractivity (Wildman–Crippen MR) is 87.3 cm³/mol. The van der Waals surface area contributed by atoms with E-state index in [2.05, 4.69) is 20.8 Å². The molecule has 0 fully saturated rings. The fourth-order valence-corrected chi connectivity index (χ4v) is 2.70. The van der Waals surface area contributed by atoms with Crippen molar-refractivity contribution < 1.29 is 15.3 Å². The second-order valence-electron chi connectivity index (χ2n) is 5.79. The summed E-state index contributed by atoms with van der Waals surface area (Å²) in [6, 6.07) is 0. The SMILES string of the molecule is CCCCc1c(O)c(O)c(CCCC)c(CCCC)c1O. The van der Waals surface area contributed by atoms with E-state index in [1.165, 1.54) is 0 Å². The summed E-state index contributed by atoms with van der Waals surface area (Å²) in [5, 5.41) is 31.1. The summed E-state index contributed by atoms with van der Waals surface area (Å²) in [7, 11) is 0. The van der Waals surface area contributed by atoms with E-state index in [4.69, 9.17) is 0 Å². The van der Waals surface area contributed by atoms with Crippen LogP contribution in [0, 0.1) is 0 Å². The molecule has 1 rings (SSSR count). The molecule has 0 unspecified atom stereocenters. The monoisotopic (exact) mass is 294 g/mol. The zero-order valence-corrected chi connectivity index (χ0v) is 13.7. The molecule has 0 heterocycles. The number of phenols is 3. The van der Waals surface area contributed by atoms with Crippen LogP contribution in [-0.4, -0.2) is 15.3 Å². The Kier molecular flexibility index (Phi) is 7.41. The van der Waals surface area contributed by atoms with Crippen molar-refractivity contribution in [3.05, 3.63) is 16.7 Å². The van der Waals surface area contributed by atoms with E-state index in [9.17, 15) is 15.3 Å². The largest absolute Gasteiger partial charge is 0.507 e. The van der Waals surface area contributed by atoms with Crippen LogP contribution in [0.5, 0.6) is 17.2 Å². The highest BCUT2D eigenvalue weighted by Gasteiger charge is 2.22. The van der Waals surface area contributed by atoms with E-state index in [1.807, 2.05) is 0 Å². The molecule has 0 atom stereocenters. The maximum absolute atomic E-state index is 10.6. The van der Waals surface area contributed by atoms with Crippen molar-refractivity contribution in [1.29, 1.82) is 0 Å². The van der Waals surface area contributed by atoms with Gasteiger partial charge in [0.25, 0.3) is 0 Å². The number of benzene rings is 1. The van der Waals surface area contributed by atoms with E-state index >= 15 is 0 Å². The van der Waals surface area contributed by atoms with Gasteiger partial charge in [-0.15, -0.1) is 0 Å². The highest BCUT2D eigenvalue weighted by molar-refractivity contribution is 5.61. The third kappa shape index (κ3) is 4.29. The topological polar surface area (TPSA) is 60.7 Å². The minimum atomic E-state index is -0.118. The number of rotatable bonds is 9. The summed E-state index contributed by atoms with van der Waals surface area (Å²) in [5.74, 6) is 0.0732. The smallest absolute Gasteiger partial charge is 0.164 e. The van der Waals surface area contributed by atoms with Gasteiger partial charge in [-0.05, 0) is 38.5 Å². The summed E-state index contributed by atoms with van der Waals surface area (Å²) < 4.78 is 0. The van der Waals surface area contributed by atoms with Crippen LogP contribution in [0.4, 0.5) is 0 Å². The standard InChI is InChI=1S/C18H30O3/c1-4-7-10-13-14(11-8-5-2)17(20)18(21)15(16(13)19)12-9-6-3/h19-21H,4-12H2,1-3H3. The minimum absolute atomic E-state index is 0.0153. The van der Waals surface area contributed by atoms with Crippen molar-refractivity contribution in [2.45, 2.75) is 78.6 Å². The molecule has 0 aliphatic carbocycles. The molecule has 3 heteroatoms. The van der Waals surface area contributed by atoms with Crippen molar-refractivity contribution in [3.63, 3.8) is 0 Å². The van der Waals surface area contributed by atoms with Gasteiger partial charge in [0.2, 0.25) is 0 Å². The molecular weight excluding hydrogens is 264 g/mol. The van der Waals surface area contributed by atoms with Gasteiger partial charge in [-0.2, -0.15) is 0 Å². The van der Waals surface area contributed by atoms with Crippen molar-refractivity contribution in [2.75, 3.05) is 0 Å². The first kappa shape index (κ1) is 17.7. The molecule has 0 bridgehead atoms. The fourth-order valence-electron chi connectivity index (χ4n) is 2.70. The Hall–Kier alpha value is -1.38. The van der Waals surface area contributed by atoms with Gasteiger partial charge in [-0.1, -0.05) is 40.0 Å². The van der Waals surface area contributed by atoms with Crippen LogP contribution in [0.2, 0.25) is 0 Å². The van der Waals surface area contributed by atoms with Gasteiger partial charge >= 0.3 is 0 Å². The van der Waals surface area contributed by atoms with E-state index in [0.29, 0.717) is 18.4 Å². The summed E-state index contributed by atoms with van der Waals surface area (Å²) >= 11 is 0. The van der Waals surface area contributed by atoms with Gasteiger partial charge in [0, 0.05) is 16.7 Å². The maximum Gasteiger partial charge on any atom is 0.164 e. The first-order valence-corrected chi connectivity index (χ1v) is 8.35. The Morgan fingerprint density at radius 3 is 1.29 bits per heavy atom. The lowest BCUT2D eigenvalue weighted by Gasteiger charge is -2.18. The van der Waals surface area contributed by atoms with Crippen LogP contribution in [0.15, 0.2) is 0 Å². The molecule has 0 amide bonds.